The lowest BCUT2D eigenvalue weighted by atomic mass is 9.94. The summed E-state index contributed by atoms with van der Waals surface area (Å²) in [5, 5.41) is 0. The zero-order valence-electron chi connectivity index (χ0n) is 17.8. The highest BCUT2D eigenvalue weighted by atomic mass is 19.1. The molecule has 0 saturated carbocycles. The quantitative estimate of drug-likeness (QED) is 0.451. The van der Waals surface area contributed by atoms with Crippen molar-refractivity contribution in [1.29, 1.82) is 0 Å². The van der Waals surface area contributed by atoms with Gasteiger partial charge in [0.2, 0.25) is 0 Å². The van der Waals surface area contributed by atoms with Gasteiger partial charge in [-0.3, -0.25) is 4.40 Å². The van der Waals surface area contributed by atoms with Crippen molar-refractivity contribution in [2.24, 2.45) is 5.73 Å². The number of hydrogen-bond donors (Lipinski definition) is 1. The molecular weight excluding hydrogens is 396 g/mol. The van der Waals surface area contributed by atoms with Crippen molar-refractivity contribution in [3.63, 3.8) is 0 Å². The minimum Gasteiger partial charge on any atom is -0.485 e. The first-order chi connectivity index (χ1) is 14.7. The second-order valence-electron chi connectivity index (χ2n) is 8.47. The fraction of sp³-hybridized carbons (Fsp3) is 0.240. The van der Waals surface area contributed by atoms with Crippen molar-refractivity contribution in [3.8, 4) is 17.0 Å². The molecule has 4 rings (SSSR count). The standard InChI is InChI=1S/C25H25F2N3O/c1-16-23(18-8-4-7-17(13-18)14-25(2,3)28)30-12-6-11-22(24(30)29-16)31-15-19-20(26)9-5-10-21(19)27/h4-13H,14-15,28H2,1-3H3. The number of pyridine rings is 1. The molecule has 0 bridgehead atoms. The molecule has 6 heteroatoms. The molecule has 31 heavy (non-hydrogen) atoms. The summed E-state index contributed by atoms with van der Waals surface area (Å²) in [4.78, 5) is 4.68. The number of aromatic nitrogens is 2. The van der Waals surface area contributed by atoms with E-state index in [4.69, 9.17) is 10.5 Å². The normalized spacial score (nSPS) is 11.8. The van der Waals surface area contributed by atoms with Crippen LogP contribution in [0.15, 0.2) is 60.8 Å². The number of benzene rings is 2. The fourth-order valence-corrected chi connectivity index (χ4v) is 3.79. The fourth-order valence-electron chi connectivity index (χ4n) is 3.79. The van der Waals surface area contributed by atoms with Gasteiger partial charge < -0.3 is 10.5 Å². The Morgan fingerprint density at radius 1 is 1.03 bits per heavy atom. The van der Waals surface area contributed by atoms with Gasteiger partial charge in [0.25, 0.3) is 0 Å². The summed E-state index contributed by atoms with van der Waals surface area (Å²) in [6.07, 6.45) is 2.65. The van der Waals surface area contributed by atoms with Gasteiger partial charge in [-0.05, 0) is 63.1 Å². The zero-order chi connectivity index (χ0) is 22.2. The van der Waals surface area contributed by atoms with Gasteiger partial charge in [0.1, 0.15) is 18.2 Å². The van der Waals surface area contributed by atoms with Crippen LogP contribution in [0.2, 0.25) is 0 Å². The van der Waals surface area contributed by atoms with E-state index < -0.39 is 11.6 Å². The summed E-state index contributed by atoms with van der Waals surface area (Å²) >= 11 is 0. The highest BCUT2D eigenvalue weighted by Gasteiger charge is 2.17. The number of aryl methyl sites for hydroxylation is 1. The van der Waals surface area contributed by atoms with Crippen molar-refractivity contribution in [2.45, 2.75) is 39.3 Å². The smallest absolute Gasteiger partial charge is 0.180 e. The molecule has 2 aromatic heterocycles. The lowest BCUT2D eigenvalue weighted by molar-refractivity contribution is 0.294. The van der Waals surface area contributed by atoms with E-state index >= 15 is 0 Å². The van der Waals surface area contributed by atoms with Gasteiger partial charge in [0, 0.05) is 17.3 Å². The lowest BCUT2D eigenvalue weighted by Crippen LogP contribution is -2.34. The van der Waals surface area contributed by atoms with Crippen LogP contribution in [0.1, 0.15) is 30.7 Å². The van der Waals surface area contributed by atoms with Crippen molar-refractivity contribution in [3.05, 3.63) is 89.2 Å². The van der Waals surface area contributed by atoms with E-state index in [-0.39, 0.29) is 17.7 Å². The predicted molar refractivity (Wildman–Crippen MR) is 118 cm³/mol. The zero-order valence-corrected chi connectivity index (χ0v) is 17.8. The molecule has 160 valence electrons. The van der Waals surface area contributed by atoms with Crippen LogP contribution in [0.4, 0.5) is 8.78 Å². The molecule has 0 spiro atoms. The summed E-state index contributed by atoms with van der Waals surface area (Å²) in [5.41, 5.74) is 10.3. The van der Waals surface area contributed by atoms with E-state index in [1.54, 1.807) is 6.07 Å². The first kappa shape index (κ1) is 21.0. The third-order valence-electron chi connectivity index (χ3n) is 5.08. The van der Waals surface area contributed by atoms with E-state index in [0.717, 1.165) is 28.9 Å². The molecule has 2 N–H and O–H groups in total. The van der Waals surface area contributed by atoms with Gasteiger partial charge in [-0.1, -0.05) is 24.3 Å². The number of ether oxygens (including phenoxy) is 1. The average molecular weight is 421 g/mol. The topological polar surface area (TPSA) is 52.5 Å². The summed E-state index contributed by atoms with van der Waals surface area (Å²) < 4.78 is 35.6. The maximum atomic E-state index is 14.0. The van der Waals surface area contributed by atoms with Crippen LogP contribution >= 0.6 is 0 Å². The van der Waals surface area contributed by atoms with E-state index in [2.05, 4.69) is 17.1 Å². The highest BCUT2D eigenvalue weighted by Crippen LogP contribution is 2.30. The van der Waals surface area contributed by atoms with Crippen molar-refractivity contribution in [1.82, 2.24) is 9.38 Å². The predicted octanol–water partition coefficient (Wildman–Crippen LogP) is 5.45. The summed E-state index contributed by atoms with van der Waals surface area (Å²) in [6, 6.07) is 15.6. The van der Waals surface area contributed by atoms with E-state index in [0.29, 0.717) is 11.4 Å². The number of nitrogens with zero attached hydrogens (tertiary/aromatic N) is 2. The third kappa shape index (κ3) is 4.44. The number of fused-ring (bicyclic) bond motifs is 1. The molecule has 0 amide bonds. The molecule has 0 radical (unpaired) electrons. The van der Waals surface area contributed by atoms with Crippen LogP contribution in [-0.4, -0.2) is 14.9 Å². The van der Waals surface area contributed by atoms with Crippen LogP contribution in [0, 0.1) is 18.6 Å². The first-order valence-electron chi connectivity index (χ1n) is 10.1. The monoisotopic (exact) mass is 421 g/mol. The number of hydrogen-bond acceptors (Lipinski definition) is 3. The first-order valence-corrected chi connectivity index (χ1v) is 10.1. The summed E-state index contributed by atoms with van der Waals surface area (Å²) in [5.74, 6) is -0.808. The second-order valence-corrected chi connectivity index (χ2v) is 8.47. The molecule has 4 aromatic rings. The van der Waals surface area contributed by atoms with Crippen LogP contribution < -0.4 is 10.5 Å². The Hall–Kier alpha value is -3.25. The molecule has 0 aliphatic rings. The molecule has 0 atom stereocenters. The molecular formula is C25H25F2N3O. The molecule has 0 fully saturated rings. The van der Waals surface area contributed by atoms with Gasteiger partial charge in [0.05, 0.1) is 17.0 Å². The number of rotatable bonds is 6. The SMILES string of the molecule is Cc1nc2c(OCc3c(F)cccc3F)cccn2c1-c1cccc(CC(C)(C)N)c1. The summed E-state index contributed by atoms with van der Waals surface area (Å²) in [6.45, 7) is 5.71. The molecule has 0 saturated heterocycles. The highest BCUT2D eigenvalue weighted by molar-refractivity contribution is 5.70. The van der Waals surface area contributed by atoms with Crippen molar-refractivity contribution in [2.75, 3.05) is 0 Å². The Labute approximate surface area is 180 Å². The lowest BCUT2D eigenvalue weighted by Gasteiger charge is -2.18. The minimum absolute atomic E-state index is 0.106. The Bertz CT molecular complexity index is 1220. The largest absolute Gasteiger partial charge is 0.485 e. The molecule has 2 aromatic carbocycles. The third-order valence-corrected chi connectivity index (χ3v) is 5.08. The van der Waals surface area contributed by atoms with Crippen molar-refractivity contribution >= 4 is 5.65 Å². The molecule has 0 unspecified atom stereocenters. The Balaban J connectivity index is 1.70. The molecule has 0 aliphatic heterocycles. The van der Waals surface area contributed by atoms with Gasteiger partial charge in [0.15, 0.2) is 11.4 Å². The Morgan fingerprint density at radius 2 is 1.74 bits per heavy atom. The number of imidazole rings is 1. The van der Waals surface area contributed by atoms with Gasteiger partial charge in [-0.25, -0.2) is 13.8 Å². The van der Waals surface area contributed by atoms with Crippen LogP contribution in [-0.2, 0) is 13.0 Å². The Morgan fingerprint density at radius 3 is 2.45 bits per heavy atom. The summed E-state index contributed by atoms with van der Waals surface area (Å²) in [7, 11) is 0. The number of nitrogens with two attached hydrogens (primary N) is 1. The molecule has 4 nitrogen and oxygen atoms in total. The van der Waals surface area contributed by atoms with Gasteiger partial charge >= 0.3 is 0 Å². The second kappa shape index (κ2) is 8.12. The maximum Gasteiger partial charge on any atom is 0.180 e. The minimum atomic E-state index is -0.633. The molecule has 2 heterocycles. The van der Waals surface area contributed by atoms with Gasteiger partial charge in [-0.15, -0.1) is 0 Å². The van der Waals surface area contributed by atoms with E-state index in [1.807, 2.05) is 49.6 Å². The Kier molecular flexibility index (Phi) is 5.50. The van der Waals surface area contributed by atoms with E-state index in [9.17, 15) is 8.78 Å². The van der Waals surface area contributed by atoms with Crippen molar-refractivity contribution < 1.29 is 13.5 Å². The average Bonchev–Trinajstić information content (AvgIpc) is 3.03. The van der Waals surface area contributed by atoms with E-state index in [1.165, 1.54) is 18.2 Å². The van der Waals surface area contributed by atoms with Crippen LogP contribution in [0.5, 0.6) is 5.75 Å². The van der Waals surface area contributed by atoms with Crippen LogP contribution in [0.25, 0.3) is 16.9 Å². The van der Waals surface area contributed by atoms with Gasteiger partial charge in [-0.2, -0.15) is 0 Å². The molecule has 0 aliphatic carbocycles. The number of halogens is 2. The maximum absolute atomic E-state index is 14.0. The van der Waals surface area contributed by atoms with Crippen LogP contribution in [0.3, 0.4) is 0 Å².